The molecule has 2 aromatic heterocycles. The molecule has 30 heavy (non-hydrogen) atoms. The molecule has 0 aliphatic carbocycles. The third kappa shape index (κ3) is 4.62. The highest BCUT2D eigenvalue weighted by molar-refractivity contribution is 7.98. The second-order valence-corrected chi connectivity index (χ2v) is 9.05. The zero-order chi connectivity index (χ0) is 21.1. The van der Waals surface area contributed by atoms with Crippen molar-refractivity contribution in [2.45, 2.75) is 13.0 Å². The number of methoxy groups -OCH3 is 1. The number of ether oxygens (including phenoxy) is 2. The highest BCUT2D eigenvalue weighted by Gasteiger charge is 2.17. The van der Waals surface area contributed by atoms with Gasteiger partial charge in [0.05, 0.1) is 42.4 Å². The van der Waals surface area contributed by atoms with Crippen LogP contribution >= 0.6 is 0 Å². The SMILES string of the molecule is COCCn1ccc2c(C3=CCOCC3)nc(-c3cccc(N[S+](C)(=O)[O-])c3)cc21. The van der Waals surface area contributed by atoms with Crippen molar-refractivity contribution in [1.82, 2.24) is 9.55 Å². The van der Waals surface area contributed by atoms with Gasteiger partial charge in [-0.25, -0.2) is 9.71 Å². The predicted molar refractivity (Wildman–Crippen MR) is 119 cm³/mol. The lowest BCUT2D eigenvalue weighted by atomic mass is 10.0. The topological polar surface area (TPSA) is 88.4 Å². The molecule has 1 aromatic carbocycles. The number of fused-ring (bicyclic) bond motifs is 1. The molecule has 3 aromatic rings. The van der Waals surface area contributed by atoms with Crippen molar-refractivity contribution in [2.75, 3.05) is 37.9 Å². The van der Waals surface area contributed by atoms with Gasteiger partial charge >= 0.3 is 0 Å². The fraction of sp³-hybridized carbons (Fsp3) is 0.318. The van der Waals surface area contributed by atoms with Crippen LogP contribution in [0.2, 0.25) is 0 Å². The van der Waals surface area contributed by atoms with Crippen LogP contribution in [-0.4, -0.2) is 47.3 Å². The van der Waals surface area contributed by atoms with Gasteiger partial charge in [-0.2, -0.15) is 0 Å². The van der Waals surface area contributed by atoms with E-state index in [0.29, 0.717) is 25.5 Å². The summed E-state index contributed by atoms with van der Waals surface area (Å²) in [7, 11) is -1.66. The molecule has 0 saturated carbocycles. The smallest absolute Gasteiger partial charge is 0.142 e. The Morgan fingerprint density at radius 1 is 1.33 bits per heavy atom. The molecule has 0 spiro atoms. The van der Waals surface area contributed by atoms with E-state index in [1.54, 1.807) is 19.2 Å². The third-order valence-electron chi connectivity index (χ3n) is 5.03. The summed E-state index contributed by atoms with van der Waals surface area (Å²) in [6.07, 6.45) is 6.09. The molecule has 0 fully saturated rings. The standard InChI is InChI=1S/C22H25N3O4S/c1-28-13-10-25-9-6-19-21(25)15-20(23-22(19)16-7-11-29-12-8-16)17-4-3-5-18(14-17)24-30(2,26)27/h3-7,9,14-15H,8,10-13H2,1-2H3,(H-,24,26,27). The van der Waals surface area contributed by atoms with Crippen LogP contribution < -0.4 is 4.72 Å². The summed E-state index contributed by atoms with van der Waals surface area (Å²) in [5.74, 6) is 0. The zero-order valence-electron chi connectivity index (χ0n) is 17.1. The minimum atomic E-state index is -3.36. The predicted octanol–water partition coefficient (Wildman–Crippen LogP) is 3.74. The van der Waals surface area contributed by atoms with Crippen molar-refractivity contribution in [3.05, 3.63) is 54.4 Å². The van der Waals surface area contributed by atoms with Crippen LogP contribution in [0, 0.1) is 0 Å². The third-order valence-corrected chi connectivity index (χ3v) is 5.64. The second kappa shape index (κ2) is 8.69. The number of aromatic nitrogens is 2. The first kappa shape index (κ1) is 20.7. The number of hydrogen-bond donors (Lipinski definition) is 1. The highest BCUT2D eigenvalue weighted by Crippen LogP contribution is 2.32. The molecular formula is C22H25N3O4S. The molecule has 1 N–H and O–H groups in total. The Morgan fingerprint density at radius 3 is 2.93 bits per heavy atom. The fourth-order valence-electron chi connectivity index (χ4n) is 3.66. The second-order valence-electron chi connectivity index (χ2n) is 7.30. The van der Waals surface area contributed by atoms with E-state index in [1.807, 2.05) is 18.2 Å². The Bertz CT molecular complexity index is 1130. The Morgan fingerprint density at radius 2 is 2.20 bits per heavy atom. The molecule has 3 heterocycles. The van der Waals surface area contributed by atoms with E-state index in [4.69, 9.17) is 14.5 Å². The summed E-state index contributed by atoms with van der Waals surface area (Å²) in [4.78, 5) is 4.98. The van der Waals surface area contributed by atoms with Crippen LogP contribution in [0.1, 0.15) is 12.1 Å². The van der Waals surface area contributed by atoms with E-state index in [9.17, 15) is 8.76 Å². The number of hydrogen-bond acceptors (Lipinski definition) is 5. The molecule has 4 rings (SSSR count). The first-order valence-corrected chi connectivity index (χ1v) is 11.7. The van der Waals surface area contributed by atoms with Crippen molar-refractivity contribution >= 4 is 32.6 Å². The molecule has 1 aliphatic rings. The van der Waals surface area contributed by atoms with Crippen molar-refractivity contribution in [2.24, 2.45) is 0 Å². The minimum absolute atomic E-state index is 0.512. The summed E-state index contributed by atoms with van der Waals surface area (Å²) in [6.45, 7) is 2.61. The van der Waals surface area contributed by atoms with E-state index in [-0.39, 0.29) is 0 Å². The molecule has 1 unspecified atom stereocenters. The molecule has 8 heteroatoms. The lowest BCUT2D eigenvalue weighted by Crippen LogP contribution is -2.17. The first-order valence-electron chi connectivity index (χ1n) is 9.79. The molecule has 158 valence electrons. The van der Waals surface area contributed by atoms with Gasteiger partial charge in [-0.05, 0) is 36.3 Å². The molecule has 0 bridgehead atoms. The lowest BCUT2D eigenvalue weighted by Gasteiger charge is -2.16. The van der Waals surface area contributed by atoms with Crippen molar-refractivity contribution in [3.8, 4) is 11.3 Å². The number of nitrogens with zero attached hydrogens (tertiary/aromatic N) is 2. The fourth-order valence-corrected chi connectivity index (χ4v) is 4.22. The van der Waals surface area contributed by atoms with E-state index < -0.39 is 10.4 Å². The van der Waals surface area contributed by atoms with E-state index in [2.05, 4.69) is 27.6 Å². The lowest BCUT2D eigenvalue weighted by molar-refractivity contribution is 0.161. The largest absolute Gasteiger partial charge is 0.593 e. The molecular weight excluding hydrogens is 402 g/mol. The van der Waals surface area contributed by atoms with Crippen molar-refractivity contribution in [3.63, 3.8) is 0 Å². The van der Waals surface area contributed by atoms with Crippen molar-refractivity contribution < 1.29 is 18.2 Å². The van der Waals surface area contributed by atoms with Gasteiger partial charge in [0, 0.05) is 30.8 Å². The van der Waals surface area contributed by atoms with Gasteiger partial charge in [0.15, 0.2) is 0 Å². The number of nitrogens with one attached hydrogen (secondary N) is 1. The zero-order valence-corrected chi connectivity index (χ0v) is 17.9. The van der Waals surface area contributed by atoms with Gasteiger partial charge in [-0.15, -0.1) is 0 Å². The Hall–Kier alpha value is -2.52. The van der Waals surface area contributed by atoms with Gasteiger partial charge in [0.25, 0.3) is 0 Å². The quantitative estimate of drug-likeness (QED) is 0.580. The van der Waals surface area contributed by atoms with Gasteiger partial charge in [0.2, 0.25) is 0 Å². The molecule has 0 saturated heterocycles. The maximum Gasteiger partial charge on any atom is 0.142 e. The monoisotopic (exact) mass is 427 g/mol. The molecule has 1 atom stereocenters. The number of rotatable bonds is 7. The average Bonchev–Trinajstić information content (AvgIpc) is 3.14. The minimum Gasteiger partial charge on any atom is -0.593 e. The Labute approximate surface area is 177 Å². The normalized spacial score (nSPS) is 16.3. The molecule has 1 aliphatic heterocycles. The Kier molecular flexibility index (Phi) is 6.01. The van der Waals surface area contributed by atoms with Gasteiger partial charge < -0.3 is 18.6 Å². The average molecular weight is 428 g/mol. The summed E-state index contributed by atoms with van der Waals surface area (Å²) in [5, 5.41) is 1.09. The van der Waals surface area contributed by atoms with Crippen molar-refractivity contribution in [1.29, 1.82) is 0 Å². The maximum absolute atomic E-state index is 11.6. The van der Waals surface area contributed by atoms with E-state index in [0.717, 1.165) is 47.1 Å². The first-order chi connectivity index (χ1) is 14.4. The van der Waals surface area contributed by atoms with Crippen LogP contribution in [0.25, 0.3) is 27.7 Å². The molecule has 7 nitrogen and oxygen atoms in total. The summed E-state index contributed by atoms with van der Waals surface area (Å²) in [6, 6.07) is 11.4. The van der Waals surface area contributed by atoms with Crippen LogP contribution in [0.4, 0.5) is 5.69 Å². The maximum atomic E-state index is 11.6. The Balaban J connectivity index is 1.84. The molecule has 0 radical (unpaired) electrons. The number of benzene rings is 1. The highest BCUT2D eigenvalue weighted by atomic mass is 32.3. The number of anilines is 1. The summed E-state index contributed by atoms with van der Waals surface area (Å²) < 4.78 is 38.7. The van der Waals surface area contributed by atoms with Crippen LogP contribution in [0.3, 0.4) is 0 Å². The van der Waals surface area contributed by atoms with Gasteiger partial charge in [-0.3, -0.25) is 0 Å². The molecule has 0 amide bonds. The number of sulfonamides is 1. The number of pyridine rings is 1. The van der Waals surface area contributed by atoms with E-state index >= 15 is 0 Å². The van der Waals surface area contributed by atoms with Crippen LogP contribution in [0.15, 0.2) is 48.7 Å². The van der Waals surface area contributed by atoms with Gasteiger partial charge in [-0.1, -0.05) is 22.4 Å². The summed E-state index contributed by atoms with van der Waals surface area (Å²) in [5.41, 5.74) is 5.34. The van der Waals surface area contributed by atoms with Gasteiger partial charge in [0.1, 0.15) is 16.7 Å². The van der Waals surface area contributed by atoms with Crippen LogP contribution in [0.5, 0.6) is 0 Å². The summed E-state index contributed by atoms with van der Waals surface area (Å²) >= 11 is 0. The van der Waals surface area contributed by atoms with E-state index in [1.165, 1.54) is 5.57 Å². The van der Waals surface area contributed by atoms with Crippen LogP contribution in [-0.2, 0) is 30.6 Å².